The molecule has 2 aromatic heterocycles. The standard InChI is InChI=1S/C19H21N5/c1-14-2-4-15(5-3-14)17-12-18(23-13-22-17)24-10-6-16(7-11-24)19-20-8-9-21-19/h2-5,8-9,12-13,16H,6-7,10-11H2,1H3,(H,20,21). The first-order valence-corrected chi connectivity index (χ1v) is 8.43. The molecule has 0 unspecified atom stereocenters. The Morgan fingerprint density at radius 3 is 2.54 bits per heavy atom. The maximum absolute atomic E-state index is 4.49. The van der Waals surface area contributed by atoms with Crippen LogP contribution in [0.3, 0.4) is 0 Å². The molecule has 5 heteroatoms. The highest BCUT2D eigenvalue weighted by atomic mass is 15.2. The number of hydrogen-bond acceptors (Lipinski definition) is 4. The highest BCUT2D eigenvalue weighted by molar-refractivity contribution is 5.62. The molecule has 1 N–H and O–H groups in total. The van der Waals surface area contributed by atoms with Crippen LogP contribution in [0, 0.1) is 6.92 Å². The molecule has 0 radical (unpaired) electrons. The van der Waals surface area contributed by atoms with Crippen molar-refractivity contribution < 1.29 is 0 Å². The van der Waals surface area contributed by atoms with E-state index in [1.807, 2.05) is 12.4 Å². The molecular formula is C19H21N5. The fourth-order valence-electron chi connectivity index (χ4n) is 3.28. The number of hydrogen-bond donors (Lipinski definition) is 1. The van der Waals surface area contributed by atoms with Crippen molar-refractivity contribution in [2.45, 2.75) is 25.7 Å². The SMILES string of the molecule is Cc1ccc(-c2cc(N3CCC(c4ncc[nH]4)CC3)ncn2)cc1. The molecule has 1 fully saturated rings. The number of piperidine rings is 1. The van der Waals surface area contributed by atoms with E-state index < -0.39 is 0 Å². The minimum atomic E-state index is 0.523. The predicted octanol–water partition coefficient (Wildman–Crippen LogP) is 3.56. The van der Waals surface area contributed by atoms with Crippen LogP contribution in [0.25, 0.3) is 11.3 Å². The molecule has 1 saturated heterocycles. The Kier molecular flexibility index (Phi) is 3.99. The van der Waals surface area contributed by atoms with E-state index in [4.69, 9.17) is 0 Å². The molecule has 4 rings (SSSR count). The Hall–Kier alpha value is -2.69. The monoisotopic (exact) mass is 319 g/mol. The Morgan fingerprint density at radius 2 is 1.83 bits per heavy atom. The van der Waals surface area contributed by atoms with Crippen LogP contribution in [0.1, 0.15) is 30.1 Å². The van der Waals surface area contributed by atoms with E-state index in [1.54, 1.807) is 6.33 Å². The smallest absolute Gasteiger partial charge is 0.132 e. The lowest BCUT2D eigenvalue weighted by molar-refractivity contribution is 0.486. The highest BCUT2D eigenvalue weighted by Gasteiger charge is 2.23. The molecule has 24 heavy (non-hydrogen) atoms. The van der Waals surface area contributed by atoms with Gasteiger partial charge in [-0.2, -0.15) is 0 Å². The molecular weight excluding hydrogens is 298 g/mol. The first-order valence-electron chi connectivity index (χ1n) is 8.43. The number of aromatic nitrogens is 4. The molecule has 0 saturated carbocycles. The zero-order chi connectivity index (χ0) is 16.4. The largest absolute Gasteiger partial charge is 0.356 e. The summed E-state index contributed by atoms with van der Waals surface area (Å²) in [6.07, 6.45) is 7.60. The van der Waals surface area contributed by atoms with Crippen molar-refractivity contribution in [2.75, 3.05) is 18.0 Å². The third-order valence-electron chi connectivity index (χ3n) is 4.73. The lowest BCUT2D eigenvalue weighted by atomic mass is 9.96. The second kappa shape index (κ2) is 6.43. The number of nitrogens with one attached hydrogen (secondary N) is 1. The summed E-state index contributed by atoms with van der Waals surface area (Å²) in [7, 11) is 0. The van der Waals surface area contributed by atoms with Crippen molar-refractivity contribution in [1.29, 1.82) is 0 Å². The van der Waals surface area contributed by atoms with Crippen molar-refractivity contribution in [3.8, 4) is 11.3 Å². The molecule has 1 aromatic carbocycles. The molecule has 1 aliphatic rings. The minimum absolute atomic E-state index is 0.523. The summed E-state index contributed by atoms with van der Waals surface area (Å²) in [4.78, 5) is 18.9. The summed E-state index contributed by atoms with van der Waals surface area (Å²) in [5.74, 6) is 2.64. The van der Waals surface area contributed by atoms with Gasteiger partial charge in [0.2, 0.25) is 0 Å². The molecule has 0 spiro atoms. The van der Waals surface area contributed by atoms with Crippen LogP contribution in [-0.4, -0.2) is 33.0 Å². The number of nitrogens with zero attached hydrogens (tertiary/aromatic N) is 4. The van der Waals surface area contributed by atoms with Gasteiger partial charge in [-0.15, -0.1) is 0 Å². The number of H-pyrrole nitrogens is 1. The molecule has 1 aliphatic heterocycles. The topological polar surface area (TPSA) is 57.7 Å². The fraction of sp³-hybridized carbons (Fsp3) is 0.316. The van der Waals surface area contributed by atoms with Crippen molar-refractivity contribution in [3.63, 3.8) is 0 Å². The van der Waals surface area contributed by atoms with Gasteiger partial charge in [-0.3, -0.25) is 0 Å². The van der Waals surface area contributed by atoms with Gasteiger partial charge in [-0.25, -0.2) is 15.0 Å². The average Bonchev–Trinajstić information content (AvgIpc) is 3.17. The van der Waals surface area contributed by atoms with Crippen molar-refractivity contribution in [2.24, 2.45) is 0 Å². The number of aromatic amines is 1. The Labute approximate surface area is 141 Å². The zero-order valence-electron chi connectivity index (χ0n) is 13.8. The molecule has 0 bridgehead atoms. The molecule has 0 amide bonds. The summed E-state index contributed by atoms with van der Waals surface area (Å²) < 4.78 is 0. The van der Waals surface area contributed by atoms with Gasteiger partial charge in [0.1, 0.15) is 18.0 Å². The van der Waals surface area contributed by atoms with Gasteiger partial charge in [0.05, 0.1) is 5.69 Å². The molecule has 3 heterocycles. The number of aryl methyl sites for hydroxylation is 1. The predicted molar refractivity (Wildman–Crippen MR) is 95.0 cm³/mol. The number of imidazole rings is 1. The Balaban J connectivity index is 1.49. The van der Waals surface area contributed by atoms with Gasteiger partial charge in [0.15, 0.2) is 0 Å². The molecule has 0 aliphatic carbocycles. The van der Waals surface area contributed by atoms with Gasteiger partial charge in [0.25, 0.3) is 0 Å². The number of rotatable bonds is 3. The van der Waals surface area contributed by atoms with E-state index in [0.717, 1.165) is 48.8 Å². The summed E-state index contributed by atoms with van der Waals surface area (Å²) in [6.45, 7) is 4.09. The van der Waals surface area contributed by atoms with Crippen LogP contribution in [0.5, 0.6) is 0 Å². The van der Waals surface area contributed by atoms with Crippen molar-refractivity contribution in [1.82, 2.24) is 19.9 Å². The zero-order valence-corrected chi connectivity index (χ0v) is 13.8. The lowest BCUT2D eigenvalue weighted by Gasteiger charge is -2.32. The van der Waals surface area contributed by atoms with Gasteiger partial charge in [-0.05, 0) is 19.8 Å². The van der Waals surface area contributed by atoms with Gasteiger partial charge < -0.3 is 9.88 Å². The lowest BCUT2D eigenvalue weighted by Crippen LogP contribution is -2.33. The van der Waals surface area contributed by atoms with Crippen molar-refractivity contribution >= 4 is 5.82 Å². The van der Waals surface area contributed by atoms with Gasteiger partial charge in [0, 0.05) is 43.0 Å². The van der Waals surface area contributed by atoms with E-state index in [2.05, 4.69) is 62.1 Å². The van der Waals surface area contributed by atoms with Crippen LogP contribution < -0.4 is 4.90 Å². The van der Waals surface area contributed by atoms with Crippen LogP contribution in [-0.2, 0) is 0 Å². The number of benzene rings is 1. The molecule has 5 nitrogen and oxygen atoms in total. The summed E-state index contributed by atoms with van der Waals surface area (Å²) in [6, 6.07) is 10.6. The fourth-order valence-corrected chi connectivity index (χ4v) is 3.28. The second-order valence-electron chi connectivity index (χ2n) is 6.36. The highest BCUT2D eigenvalue weighted by Crippen LogP contribution is 2.29. The summed E-state index contributed by atoms with van der Waals surface area (Å²) in [5, 5.41) is 0. The molecule has 122 valence electrons. The van der Waals surface area contributed by atoms with E-state index >= 15 is 0 Å². The van der Waals surface area contributed by atoms with E-state index in [1.165, 1.54) is 5.56 Å². The normalized spacial score (nSPS) is 15.6. The third kappa shape index (κ3) is 3.02. The van der Waals surface area contributed by atoms with Crippen molar-refractivity contribution in [3.05, 3.63) is 60.4 Å². The first-order chi connectivity index (χ1) is 11.8. The maximum atomic E-state index is 4.49. The maximum Gasteiger partial charge on any atom is 0.132 e. The average molecular weight is 319 g/mol. The van der Waals surface area contributed by atoms with E-state index in [9.17, 15) is 0 Å². The minimum Gasteiger partial charge on any atom is -0.356 e. The quantitative estimate of drug-likeness (QED) is 0.802. The third-order valence-corrected chi connectivity index (χ3v) is 4.73. The number of anilines is 1. The summed E-state index contributed by atoms with van der Waals surface area (Å²) >= 11 is 0. The van der Waals surface area contributed by atoms with E-state index in [-0.39, 0.29) is 0 Å². The van der Waals surface area contributed by atoms with Gasteiger partial charge in [-0.1, -0.05) is 29.8 Å². The van der Waals surface area contributed by atoms with Crippen LogP contribution in [0.2, 0.25) is 0 Å². The van der Waals surface area contributed by atoms with Crippen LogP contribution >= 0.6 is 0 Å². The molecule has 0 atom stereocenters. The molecule has 3 aromatic rings. The Morgan fingerprint density at radius 1 is 1.04 bits per heavy atom. The first kappa shape index (κ1) is 14.9. The summed E-state index contributed by atoms with van der Waals surface area (Å²) in [5.41, 5.74) is 3.37. The Bertz CT molecular complexity index is 787. The van der Waals surface area contributed by atoms with Crippen LogP contribution in [0.15, 0.2) is 49.1 Å². The second-order valence-corrected chi connectivity index (χ2v) is 6.36. The van der Waals surface area contributed by atoms with Gasteiger partial charge >= 0.3 is 0 Å². The van der Waals surface area contributed by atoms with Crippen LogP contribution in [0.4, 0.5) is 5.82 Å². The van der Waals surface area contributed by atoms with E-state index in [0.29, 0.717) is 5.92 Å².